The fourth-order valence-corrected chi connectivity index (χ4v) is 2.02. The molecule has 0 amide bonds. The van der Waals surface area contributed by atoms with Crippen molar-refractivity contribution in [3.8, 4) is 0 Å². The number of aryl methyl sites for hydroxylation is 1. The Hall–Kier alpha value is -1.20. The molecule has 5 heteroatoms. The number of nitrogens with zero attached hydrogens (tertiary/aromatic N) is 3. The third-order valence-electron chi connectivity index (χ3n) is 2.98. The van der Waals surface area contributed by atoms with Gasteiger partial charge in [0.1, 0.15) is 0 Å². The zero-order chi connectivity index (χ0) is 12.1. The molecule has 0 unspecified atom stereocenters. The lowest BCUT2D eigenvalue weighted by molar-refractivity contribution is 0.122. The van der Waals surface area contributed by atoms with Crippen LogP contribution in [0, 0.1) is 0 Å². The number of anilines is 1. The molecule has 1 aromatic rings. The SMILES string of the molecule is CCc1nc(N2CCOCC2)ncc1CCN. The van der Waals surface area contributed by atoms with Crippen molar-refractivity contribution < 1.29 is 4.74 Å². The number of ether oxygens (including phenoxy) is 1. The van der Waals surface area contributed by atoms with Crippen LogP contribution in [0.15, 0.2) is 6.20 Å². The lowest BCUT2D eigenvalue weighted by Crippen LogP contribution is -2.37. The van der Waals surface area contributed by atoms with Crippen molar-refractivity contribution in [1.82, 2.24) is 9.97 Å². The average Bonchev–Trinajstić information content (AvgIpc) is 2.40. The molecule has 0 aromatic carbocycles. The van der Waals surface area contributed by atoms with Crippen LogP contribution >= 0.6 is 0 Å². The first-order chi connectivity index (χ1) is 8.35. The second kappa shape index (κ2) is 5.93. The van der Waals surface area contributed by atoms with Gasteiger partial charge < -0.3 is 15.4 Å². The zero-order valence-electron chi connectivity index (χ0n) is 10.4. The molecule has 0 atom stereocenters. The minimum absolute atomic E-state index is 0.646. The molecule has 94 valence electrons. The van der Waals surface area contributed by atoms with Crippen LogP contribution in [0.3, 0.4) is 0 Å². The van der Waals surface area contributed by atoms with Crippen LogP contribution in [0.1, 0.15) is 18.2 Å². The second-order valence-electron chi connectivity index (χ2n) is 4.13. The monoisotopic (exact) mass is 236 g/mol. The fourth-order valence-electron chi connectivity index (χ4n) is 2.02. The first kappa shape index (κ1) is 12.3. The Morgan fingerprint density at radius 1 is 1.41 bits per heavy atom. The Bertz CT molecular complexity index is 364. The standard InChI is InChI=1S/C12H20N4O/c1-2-11-10(3-4-13)9-14-12(15-11)16-5-7-17-8-6-16/h9H,2-8,13H2,1H3. The van der Waals surface area contributed by atoms with Crippen LogP contribution in [0.25, 0.3) is 0 Å². The van der Waals surface area contributed by atoms with Gasteiger partial charge in [-0.2, -0.15) is 0 Å². The smallest absolute Gasteiger partial charge is 0.225 e. The lowest BCUT2D eigenvalue weighted by atomic mass is 10.1. The van der Waals surface area contributed by atoms with Gasteiger partial charge in [0.25, 0.3) is 0 Å². The second-order valence-corrected chi connectivity index (χ2v) is 4.13. The van der Waals surface area contributed by atoms with Crippen molar-refractivity contribution in [2.75, 3.05) is 37.7 Å². The maximum atomic E-state index is 5.58. The summed E-state index contributed by atoms with van der Waals surface area (Å²) in [5, 5.41) is 0. The Labute approximate surface area is 102 Å². The summed E-state index contributed by atoms with van der Waals surface area (Å²) in [6, 6.07) is 0. The quantitative estimate of drug-likeness (QED) is 0.818. The molecule has 2 N–H and O–H groups in total. The van der Waals surface area contributed by atoms with Gasteiger partial charge in [0.2, 0.25) is 5.95 Å². The summed E-state index contributed by atoms with van der Waals surface area (Å²) >= 11 is 0. The van der Waals surface area contributed by atoms with E-state index in [1.807, 2.05) is 6.20 Å². The Kier molecular flexibility index (Phi) is 4.28. The van der Waals surface area contributed by atoms with Crippen molar-refractivity contribution in [2.45, 2.75) is 19.8 Å². The minimum atomic E-state index is 0.646. The van der Waals surface area contributed by atoms with E-state index in [-0.39, 0.29) is 0 Å². The van der Waals surface area contributed by atoms with E-state index in [1.54, 1.807) is 0 Å². The number of hydrogen-bond acceptors (Lipinski definition) is 5. The summed E-state index contributed by atoms with van der Waals surface area (Å²) in [6.07, 6.45) is 3.70. The van der Waals surface area contributed by atoms with Crippen molar-refractivity contribution in [3.05, 3.63) is 17.5 Å². The molecular formula is C12H20N4O. The van der Waals surface area contributed by atoms with Gasteiger partial charge in [-0.25, -0.2) is 9.97 Å². The molecule has 1 aliphatic rings. The van der Waals surface area contributed by atoms with Crippen molar-refractivity contribution in [2.24, 2.45) is 5.73 Å². The number of nitrogens with two attached hydrogens (primary N) is 1. The van der Waals surface area contributed by atoms with Gasteiger partial charge in [-0.15, -0.1) is 0 Å². The molecule has 0 saturated carbocycles. The highest BCUT2D eigenvalue weighted by atomic mass is 16.5. The maximum Gasteiger partial charge on any atom is 0.225 e. The summed E-state index contributed by atoms with van der Waals surface area (Å²) in [4.78, 5) is 11.2. The van der Waals surface area contributed by atoms with Crippen LogP contribution in [0.5, 0.6) is 0 Å². The highest BCUT2D eigenvalue weighted by molar-refractivity contribution is 5.33. The third kappa shape index (κ3) is 2.92. The molecule has 1 saturated heterocycles. The number of morpholine rings is 1. The molecule has 1 aliphatic heterocycles. The molecule has 0 aliphatic carbocycles. The van der Waals surface area contributed by atoms with E-state index in [0.29, 0.717) is 6.54 Å². The lowest BCUT2D eigenvalue weighted by Gasteiger charge is -2.27. The maximum absolute atomic E-state index is 5.58. The number of aromatic nitrogens is 2. The largest absolute Gasteiger partial charge is 0.378 e. The van der Waals surface area contributed by atoms with Crippen LogP contribution in [0.4, 0.5) is 5.95 Å². The first-order valence-electron chi connectivity index (χ1n) is 6.22. The van der Waals surface area contributed by atoms with Gasteiger partial charge in [0.05, 0.1) is 13.2 Å². The van der Waals surface area contributed by atoms with E-state index in [4.69, 9.17) is 10.5 Å². The molecule has 17 heavy (non-hydrogen) atoms. The highest BCUT2D eigenvalue weighted by Gasteiger charge is 2.15. The molecule has 2 rings (SSSR count). The summed E-state index contributed by atoms with van der Waals surface area (Å²) in [5.41, 5.74) is 7.87. The van der Waals surface area contributed by atoms with Gasteiger partial charge in [-0.1, -0.05) is 6.92 Å². The van der Waals surface area contributed by atoms with Gasteiger partial charge in [-0.3, -0.25) is 0 Å². The number of hydrogen-bond donors (Lipinski definition) is 1. The van der Waals surface area contributed by atoms with E-state index in [1.165, 1.54) is 5.56 Å². The molecule has 2 heterocycles. The molecule has 0 radical (unpaired) electrons. The fraction of sp³-hybridized carbons (Fsp3) is 0.667. The molecule has 1 fully saturated rings. The molecular weight excluding hydrogens is 216 g/mol. The van der Waals surface area contributed by atoms with Crippen LogP contribution in [0.2, 0.25) is 0 Å². The van der Waals surface area contributed by atoms with Crippen molar-refractivity contribution >= 4 is 5.95 Å². The van der Waals surface area contributed by atoms with E-state index < -0.39 is 0 Å². The van der Waals surface area contributed by atoms with Crippen LogP contribution in [-0.4, -0.2) is 42.8 Å². The normalized spacial score (nSPS) is 16.2. The highest BCUT2D eigenvalue weighted by Crippen LogP contribution is 2.14. The minimum Gasteiger partial charge on any atom is -0.378 e. The third-order valence-corrected chi connectivity index (χ3v) is 2.98. The molecule has 5 nitrogen and oxygen atoms in total. The Balaban J connectivity index is 2.17. The molecule has 0 spiro atoms. The first-order valence-corrected chi connectivity index (χ1v) is 6.22. The molecule has 0 bridgehead atoms. The predicted octanol–water partition coefficient (Wildman–Crippen LogP) is 0.377. The van der Waals surface area contributed by atoms with Crippen LogP contribution in [-0.2, 0) is 17.6 Å². The summed E-state index contributed by atoms with van der Waals surface area (Å²) < 4.78 is 5.33. The summed E-state index contributed by atoms with van der Waals surface area (Å²) in [6.45, 7) is 6.03. The Morgan fingerprint density at radius 3 is 2.82 bits per heavy atom. The summed E-state index contributed by atoms with van der Waals surface area (Å²) in [7, 11) is 0. The van der Waals surface area contributed by atoms with Crippen molar-refractivity contribution in [3.63, 3.8) is 0 Å². The zero-order valence-corrected chi connectivity index (χ0v) is 10.4. The average molecular weight is 236 g/mol. The van der Waals surface area contributed by atoms with E-state index in [0.717, 1.165) is 50.8 Å². The number of rotatable bonds is 4. The summed E-state index contributed by atoms with van der Waals surface area (Å²) in [5.74, 6) is 0.825. The van der Waals surface area contributed by atoms with E-state index >= 15 is 0 Å². The molecule has 1 aromatic heterocycles. The predicted molar refractivity (Wildman–Crippen MR) is 67.2 cm³/mol. The van der Waals surface area contributed by atoms with Gasteiger partial charge >= 0.3 is 0 Å². The van der Waals surface area contributed by atoms with Gasteiger partial charge in [0, 0.05) is 25.0 Å². The van der Waals surface area contributed by atoms with Gasteiger partial charge in [0.15, 0.2) is 0 Å². The van der Waals surface area contributed by atoms with Crippen molar-refractivity contribution in [1.29, 1.82) is 0 Å². The topological polar surface area (TPSA) is 64.3 Å². The van der Waals surface area contributed by atoms with E-state index in [2.05, 4.69) is 21.8 Å². The Morgan fingerprint density at radius 2 is 2.18 bits per heavy atom. The van der Waals surface area contributed by atoms with Gasteiger partial charge in [-0.05, 0) is 24.9 Å². The van der Waals surface area contributed by atoms with Crippen LogP contribution < -0.4 is 10.6 Å². The van der Waals surface area contributed by atoms with E-state index in [9.17, 15) is 0 Å².